The van der Waals surface area contributed by atoms with E-state index in [-0.39, 0.29) is 0 Å². The second kappa shape index (κ2) is 6.34. The number of hydrogen-bond acceptors (Lipinski definition) is 3. The third kappa shape index (κ3) is 3.56. The lowest BCUT2D eigenvalue weighted by molar-refractivity contribution is 0.231. The van der Waals surface area contributed by atoms with Crippen LogP contribution in [-0.4, -0.2) is 40.4 Å². The Labute approximate surface area is 110 Å². The first-order chi connectivity index (χ1) is 8.69. The van der Waals surface area contributed by atoms with Gasteiger partial charge in [0.1, 0.15) is 0 Å². The lowest BCUT2D eigenvalue weighted by Crippen LogP contribution is -2.41. The standard InChI is InChI=1S/C14H26N4/c1-4-12(2)14-11-18(7-5-6-15-14)10-13-8-16-17(3)9-13/h8-9,12,14-15H,4-7,10-11H2,1-3H3. The summed E-state index contributed by atoms with van der Waals surface area (Å²) in [6, 6.07) is 0.633. The van der Waals surface area contributed by atoms with E-state index >= 15 is 0 Å². The first-order valence-corrected chi connectivity index (χ1v) is 7.12. The van der Waals surface area contributed by atoms with Gasteiger partial charge in [-0.2, -0.15) is 5.10 Å². The van der Waals surface area contributed by atoms with E-state index in [1.807, 2.05) is 17.9 Å². The largest absolute Gasteiger partial charge is 0.312 e. The van der Waals surface area contributed by atoms with E-state index < -0.39 is 0 Å². The topological polar surface area (TPSA) is 33.1 Å². The summed E-state index contributed by atoms with van der Waals surface area (Å²) in [7, 11) is 1.98. The molecule has 0 aromatic carbocycles. The highest BCUT2D eigenvalue weighted by molar-refractivity contribution is 5.03. The molecule has 0 spiro atoms. The van der Waals surface area contributed by atoms with Crippen LogP contribution < -0.4 is 5.32 Å². The molecule has 0 aliphatic carbocycles. The van der Waals surface area contributed by atoms with Gasteiger partial charge in [0.2, 0.25) is 0 Å². The van der Waals surface area contributed by atoms with E-state index in [2.05, 4.69) is 35.4 Å². The highest BCUT2D eigenvalue weighted by atomic mass is 15.2. The minimum absolute atomic E-state index is 0.633. The second-order valence-corrected chi connectivity index (χ2v) is 5.56. The first kappa shape index (κ1) is 13.6. The monoisotopic (exact) mass is 250 g/mol. The fourth-order valence-electron chi connectivity index (χ4n) is 2.65. The molecule has 0 saturated carbocycles. The van der Waals surface area contributed by atoms with Crippen LogP contribution in [0.2, 0.25) is 0 Å². The highest BCUT2D eigenvalue weighted by Crippen LogP contribution is 2.14. The van der Waals surface area contributed by atoms with Crippen LogP contribution in [0.1, 0.15) is 32.3 Å². The third-order valence-corrected chi connectivity index (χ3v) is 4.01. The SMILES string of the molecule is CCC(C)C1CN(Cc2cnn(C)c2)CCCN1. The summed E-state index contributed by atoms with van der Waals surface area (Å²) in [6.45, 7) is 9.16. The Morgan fingerprint density at radius 1 is 1.56 bits per heavy atom. The number of aromatic nitrogens is 2. The number of rotatable bonds is 4. The maximum absolute atomic E-state index is 4.25. The van der Waals surface area contributed by atoms with Crippen LogP contribution in [0.25, 0.3) is 0 Å². The Kier molecular flexibility index (Phi) is 4.78. The van der Waals surface area contributed by atoms with Gasteiger partial charge in [-0.3, -0.25) is 9.58 Å². The zero-order valence-corrected chi connectivity index (χ0v) is 11.9. The highest BCUT2D eigenvalue weighted by Gasteiger charge is 2.21. The summed E-state index contributed by atoms with van der Waals surface area (Å²) in [4.78, 5) is 2.56. The Balaban J connectivity index is 1.94. The molecule has 2 heterocycles. The van der Waals surface area contributed by atoms with E-state index in [9.17, 15) is 0 Å². The molecular weight excluding hydrogens is 224 g/mol. The van der Waals surface area contributed by atoms with E-state index in [0.717, 1.165) is 25.6 Å². The normalized spacial score (nSPS) is 23.8. The molecule has 2 unspecified atom stereocenters. The predicted octanol–water partition coefficient (Wildman–Crippen LogP) is 1.63. The molecule has 1 aliphatic heterocycles. The summed E-state index contributed by atoms with van der Waals surface area (Å²) < 4.78 is 1.89. The molecule has 1 aliphatic rings. The Bertz CT molecular complexity index is 360. The molecule has 102 valence electrons. The molecule has 18 heavy (non-hydrogen) atoms. The summed E-state index contributed by atoms with van der Waals surface area (Å²) in [6.07, 6.45) is 6.60. The summed E-state index contributed by atoms with van der Waals surface area (Å²) in [5, 5.41) is 7.94. The van der Waals surface area contributed by atoms with Gasteiger partial charge in [-0.15, -0.1) is 0 Å². The zero-order valence-electron chi connectivity index (χ0n) is 11.9. The molecule has 2 atom stereocenters. The molecule has 4 nitrogen and oxygen atoms in total. The van der Waals surface area contributed by atoms with Crippen LogP contribution in [0.4, 0.5) is 0 Å². The minimum atomic E-state index is 0.633. The minimum Gasteiger partial charge on any atom is -0.312 e. The van der Waals surface area contributed by atoms with Crippen LogP contribution in [-0.2, 0) is 13.6 Å². The van der Waals surface area contributed by atoms with Crippen LogP contribution >= 0.6 is 0 Å². The number of nitrogens with one attached hydrogen (secondary N) is 1. The fourth-order valence-corrected chi connectivity index (χ4v) is 2.65. The van der Waals surface area contributed by atoms with E-state index in [4.69, 9.17) is 0 Å². The summed E-state index contributed by atoms with van der Waals surface area (Å²) in [5.41, 5.74) is 1.32. The molecule has 1 aromatic heterocycles. The molecule has 1 N–H and O–H groups in total. The summed E-state index contributed by atoms with van der Waals surface area (Å²) >= 11 is 0. The Morgan fingerprint density at radius 2 is 2.39 bits per heavy atom. The van der Waals surface area contributed by atoms with Crippen LogP contribution in [0.3, 0.4) is 0 Å². The maximum atomic E-state index is 4.25. The van der Waals surface area contributed by atoms with Gasteiger partial charge in [0.25, 0.3) is 0 Å². The van der Waals surface area contributed by atoms with Gasteiger partial charge in [0.05, 0.1) is 6.20 Å². The molecule has 0 amide bonds. The van der Waals surface area contributed by atoms with Gasteiger partial charge < -0.3 is 5.32 Å². The van der Waals surface area contributed by atoms with Crippen LogP contribution in [0.15, 0.2) is 12.4 Å². The van der Waals surface area contributed by atoms with Gasteiger partial charge in [0, 0.05) is 37.9 Å². The quantitative estimate of drug-likeness (QED) is 0.882. The smallest absolute Gasteiger partial charge is 0.0534 e. The molecule has 1 aromatic rings. The van der Waals surface area contributed by atoms with Gasteiger partial charge >= 0.3 is 0 Å². The molecule has 1 fully saturated rings. The zero-order chi connectivity index (χ0) is 13.0. The second-order valence-electron chi connectivity index (χ2n) is 5.56. The average molecular weight is 250 g/mol. The van der Waals surface area contributed by atoms with Gasteiger partial charge in [-0.25, -0.2) is 0 Å². The number of aryl methyl sites for hydroxylation is 1. The fraction of sp³-hybridized carbons (Fsp3) is 0.786. The van der Waals surface area contributed by atoms with Crippen molar-refractivity contribution >= 4 is 0 Å². The lowest BCUT2D eigenvalue weighted by Gasteiger charge is -2.27. The molecular formula is C14H26N4. The number of nitrogens with zero attached hydrogens (tertiary/aromatic N) is 3. The van der Waals surface area contributed by atoms with Crippen molar-refractivity contribution in [1.29, 1.82) is 0 Å². The van der Waals surface area contributed by atoms with E-state index in [0.29, 0.717) is 6.04 Å². The molecule has 1 saturated heterocycles. The predicted molar refractivity (Wildman–Crippen MR) is 74.3 cm³/mol. The van der Waals surface area contributed by atoms with E-state index in [1.165, 1.54) is 24.9 Å². The first-order valence-electron chi connectivity index (χ1n) is 7.12. The number of hydrogen-bond donors (Lipinski definition) is 1. The summed E-state index contributed by atoms with van der Waals surface area (Å²) in [5.74, 6) is 0.750. The molecule has 0 radical (unpaired) electrons. The molecule has 4 heteroatoms. The van der Waals surface area contributed by atoms with Crippen molar-refractivity contribution in [3.63, 3.8) is 0 Å². The lowest BCUT2D eigenvalue weighted by atomic mass is 9.99. The van der Waals surface area contributed by atoms with Gasteiger partial charge in [-0.05, 0) is 25.4 Å². The van der Waals surface area contributed by atoms with Crippen molar-refractivity contribution in [2.75, 3.05) is 19.6 Å². The van der Waals surface area contributed by atoms with Crippen LogP contribution in [0, 0.1) is 5.92 Å². The Morgan fingerprint density at radius 3 is 3.06 bits per heavy atom. The van der Waals surface area contributed by atoms with Crippen LogP contribution in [0.5, 0.6) is 0 Å². The van der Waals surface area contributed by atoms with Crippen molar-refractivity contribution in [3.8, 4) is 0 Å². The molecule has 2 rings (SSSR count). The van der Waals surface area contributed by atoms with Crippen molar-refractivity contribution in [2.24, 2.45) is 13.0 Å². The molecule has 0 bridgehead atoms. The van der Waals surface area contributed by atoms with Crippen molar-refractivity contribution < 1.29 is 0 Å². The Hall–Kier alpha value is -0.870. The van der Waals surface area contributed by atoms with Gasteiger partial charge in [-0.1, -0.05) is 20.3 Å². The van der Waals surface area contributed by atoms with Crippen molar-refractivity contribution in [2.45, 2.75) is 39.3 Å². The average Bonchev–Trinajstić information content (AvgIpc) is 2.64. The van der Waals surface area contributed by atoms with E-state index in [1.54, 1.807) is 0 Å². The maximum Gasteiger partial charge on any atom is 0.0534 e. The van der Waals surface area contributed by atoms with Crippen molar-refractivity contribution in [3.05, 3.63) is 18.0 Å². The third-order valence-electron chi connectivity index (χ3n) is 4.01. The van der Waals surface area contributed by atoms with Crippen molar-refractivity contribution in [1.82, 2.24) is 20.0 Å². The van der Waals surface area contributed by atoms with Gasteiger partial charge in [0.15, 0.2) is 0 Å².